The van der Waals surface area contributed by atoms with E-state index in [1.54, 1.807) is 29.7 Å². The Hall–Kier alpha value is -1.66. The molecule has 0 radical (unpaired) electrons. The smallest absolute Gasteiger partial charge is 0.289 e. The van der Waals surface area contributed by atoms with E-state index < -0.39 is 0 Å². The van der Waals surface area contributed by atoms with Gasteiger partial charge in [-0.2, -0.15) is 0 Å². The van der Waals surface area contributed by atoms with Crippen molar-refractivity contribution >= 4 is 17.2 Å². The number of nitrogens with zero attached hydrogens (tertiary/aromatic N) is 2. The van der Waals surface area contributed by atoms with Gasteiger partial charge in [-0.3, -0.25) is 4.79 Å². The van der Waals surface area contributed by atoms with E-state index in [4.69, 9.17) is 4.42 Å². The number of likely N-dealkylation sites (tertiary alicyclic amines) is 1. The van der Waals surface area contributed by atoms with Gasteiger partial charge in [0.1, 0.15) is 5.01 Å². The molecule has 2 aromatic rings. The Morgan fingerprint density at radius 3 is 3.35 bits per heavy atom. The van der Waals surface area contributed by atoms with Crippen molar-refractivity contribution in [1.29, 1.82) is 0 Å². The van der Waals surface area contributed by atoms with Crippen molar-refractivity contribution < 1.29 is 9.21 Å². The second-order valence-corrected chi connectivity index (χ2v) is 6.48. The summed E-state index contributed by atoms with van der Waals surface area (Å²) < 4.78 is 5.19. The molecule has 4 rings (SSSR count). The molecule has 0 bridgehead atoms. The standard InChI is InChI=1S/C14H15N3O2S/c18-13(11-2-1-4-19-11)17-8-10-6-14(10,9-17)16-7-12-15-3-5-20-12/h1-5,10,16H,6-9H2/t10-,14-/m0/s1. The van der Waals surface area contributed by atoms with E-state index >= 15 is 0 Å². The van der Waals surface area contributed by atoms with E-state index in [0.29, 0.717) is 11.7 Å². The van der Waals surface area contributed by atoms with E-state index in [1.165, 1.54) is 0 Å². The Morgan fingerprint density at radius 1 is 1.65 bits per heavy atom. The van der Waals surface area contributed by atoms with Crippen molar-refractivity contribution in [1.82, 2.24) is 15.2 Å². The summed E-state index contributed by atoms with van der Waals surface area (Å²) in [6.07, 6.45) is 4.52. The van der Waals surface area contributed by atoms with Crippen LogP contribution in [0, 0.1) is 5.92 Å². The lowest BCUT2D eigenvalue weighted by Gasteiger charge is -2.20. The molecular formula is C14H15N3O2S. The summed E-state index contributed by atoms with van der Waals surface area (Å²) in [5.74, 6) is 1.00. The summed E-state index contributed by atoms with van der Waals surface area (Å²) >= 11 is 1.66. The van der Waals surface area contributed by atoms with Gasteiger partial charge in [-0.25, -0.2) is 4.98 Å². The van der Waals surface area contributed by atoms with Gasteiger partial charge in [0.2, 0.25) is 0 Å². The Bertz CT molecular complexity index is 610. The molecule has 1 aliphatic carbocycles. The van der Waals surface area contributed by atoms with Crippen LogP contribution in [0.2, 0.25) is 0 Å². The number of aromatic nitrogens is 1. The van der Waals surface area contributed by atoms with Gasteiger partial charge in [0, 0.05) is 36.8 Å². The average molecular weight is 289 g/mol. The third-order valence-electron chi connectivity index (χ3n) is 4.24. The molecule has 104 valence electrons. The number of carbonyl (C=O) groups excluding carboxylic acids is 1. The summed E-state index contributed by atoms with van der Waals surface area (Å²) in [6.45, 7) is 2.38. The Morgan fingerprint density at radius 2 is 2.60 bits per heavy atom. The van der Waals surface area contributed by atoms with Crippen molar-refractivity contribution in [3.8, 4) is 0 Å². The maximum Gasteiger partial charge on any atom is 0.289 e. The van der Waals surface area contributed by atoms with Gasteiger partial charge in [0.25, 0.3) is 5.91 Å². The van der Waals surface area contributed by atoms with Crippen LogP contribution in [-0.4, -0.2) is 34.4 Å². The fraction of sp³-hybridized carbons (Fsp3) is 0.429. The molecule has 1 saturated heterocycles. The number of amides is 1. The van der Waals surface area contributed by atoms with Crippen LogP contribution in [0.5, 0.6) is 0 Å². The molecule has 5 nitrogen and oxygen atoms in total. The van der Waals surface area contributed by atoms with E-state index in [1.807, 2.05) is 16.5 Å². The van der Waals surface area contributed by atoms with Crippen molar-refractivity contribution in [2.75, 3.05) is 13.1 Å². The predicted molar refractivity (Wildman–Crippen MR) is 74.4 cm³/mol. The topological polar surface area (TPSA) is 58.4 Å². The summed E-state index contributed by atoms with van der Waals surface area (Å²) in [5.41, 5.74) is 0.105. The molecule has 1 N–H and O–H groups in total. The highest BCUT2D eigenvalue weighted by atomic mass is 32.1. The molecule has 1 aliphatic heterocycles. The second-order valence-electron chi connectivity index (χ2n) is 5.50. The summed E-state index contributed by atoms with van der Waals surface area (Å²) in [4.78, 5) is 18.4. The largest absolute Gasteiger partial charge is 0.459 e. The minimum Gasteiger partial charge on any atom is -0.459 e. The number of hydrogen-bond donors (Lipinski definition) is 1. The highest BCUT2D eigenvalue weighted by Gasteiger charge is 2.60. The molecule has 2 atom stereocenters. The first-order valence-corrected chi connectivity index (χ1v) is 7.61. The number of furan rings is 1. The van der Waals surface area contributed by atoms with E-state index in [0.717, 1.165) is 31.1 Å². The number of carbonyl (C=O) groups is 1. The number of thiazole rings is 1. The van der Waals surface area contributed by atoms with Crippen LogP contribution < -0.4 is 5.32 Å². The fourth-order valence-corrected chi connectivity index (χ4v) is 3.62. The number of nitrogens with one attached hydrogen (secondary N) is 1. The van der Waals surface area contributed by atoms with E-state index in [9.17, 15) is 4.79 Å². The first kappa shape index (κ1) is 12.1. The normalized spacial score (nSPS) is 27.6. The van der Waals surface area contributed by atoms with Crippen LogP contribution >= 0.6 is 11.3 Å². The van der Waals surface area contributed by atoms with Crippen LogP contribution in [0.4, 0.5) is 0 Å². The summed E-state index contributed by atoms with van der Waals surface area (Å²) in [7, 11) is 0. The molecular weight excluding hydrogens is 274 g/mol. The number of piperidine rings is 1. The van der Waals surface area contributed by atoms with Crippen molar-refractivity contribution in [3.63, 3.8) is 0 Å². The van der Waals surface area contributed by atoms with Gasteiger partial charge in [0.15, 0.2) is 5.76 Å². The maximum absolute atomic E-state index is 12.2. The first-order chi connectivity index (χ1) is 9.77. The molecule has 1 amide bonds. The number of fused-ring (bicyclic) bond motifs is 1. The molecule has 1 saturated carbocycles. The molecule has 0 spiro atoms. The van der Waals surface area contributed by atoms with Gasteiger partial charge >= 0.3 is 0 Å². The lowest BCUT2D eigenvalue weighted by atomic mass is 10.2. The van der Waals surface area contributed by atoms with Crippen LogP contribution in [0.25, 0.3) is 0 Å². The molecule has 0 aromatic carbocycles. The summed E-state index contributed by atoms with van der Waals surface area (Å²) in [6, 6.07) is 3.47. The van der Waals surface area contributed by atoms with Gasteiger partial charge in [-0.1, -0.05) is 0 Å². The van der Waals surface area contributed by atoms with Crippen molar-refractivity contribution in [2.24, 2.45) is 5.92 Å². The Kier molecular flexibility index (Phi) is 2.68. The van der Waals surface area contributed by atoms with Crippen molar-refractivity contribution in [3.05, 3.63) is 40.7 Å². The highest BCUT2D eigenvalue weighted by molar-refractivity contribution is 7.09. The zero-order valence-electron chi connectivity index (χ0n) is 10.9. The predicted octanol–water partition coefficient (Wildman–Crippen LogP) is 1.74. The van der Waals surface area contributed by atoms with Crippen LogP contribution in [0.15, 0.2) is 34.4 Å². The lowest BCUT2D eigenvalue weighted by Crippen LogP contribution is -2.40. The summed E-state index contributed by atoms with van der Waals surface area (Å²) in [5, 5.41) is 6.67. The minimum atomic E-state index is -0.00220. The average Bonchev–Trinajstić information content (AvgIpc) is 3.02. The minimum absolute atomic E-state index is 0.00220. The fourth-order valence-electron chi connectivity index (χ4n) is 3.06. The number of rotatable bonds is 4. The lowest BCUT2D eigenvalue weighted by molar-refractivity contribution is 0.0737. The third-order valence-corrected chi connectivity index (χ3v) is 5.02. The highest BCUT2D eigenvalue weighted by Crippen LogP contribution is 2.49. The molecule has 20 heavy (non-hydrogen) atoms. The van der Waals surface area contributed by atoms with Crippen LogP contribution in [0.1, 0.15) is 22.0 Å². The third kappa shape index (κ3) is 1.96. The quantitative estimate of drug-likeness (QED) is 0.931. The zero-order valence-corrected chi connectivity index (χ0v) is 11.7. The van der Waals surface area contributed by atoms with Crippen LogP contribution in [-0.2, 0) is 6.54 Å². The Balaban J connectivity index is 1.40. The maximum atomic E-state index is 12.2. The zero-order chi connectivity index (χ0) is 13.6. The van der Waals surface area contributed by atoms with Crippen LogP contribution in [0.3, 0.4) is 0 Å². The molecule has 0 unspecified atom stereocenters. The van der Waals surface area contributed by atoms with Crippen molar-refractivity contribution in [2.45, 2.75) is 18.5 Å². The van der Waals surface area contributed by atoms with Gasteiger partial charge in [-0.15, -0.1) is 11.3 Å². The van der Waals surface area contributed by atoms with Gasteiger partial charge in [0.05, 0.1) is 6.26 Å². The molecule has 2 aromatic heterocycles. The van der Waals surface area contributed by atoms with E-state index in [2.05, 4.69) is 10.3 Å². The van der Waals surface area contributed by atoms with E-state index in [-0.39, 0.29) is 11.4 Å². The van der Waals surface area contributed by atoms with Gasteiger partial charge in [-0.05, 0) is 24.5 Å². The second kappa shape index (κ2) is 4.43. The Labute approximate surface area is 120 Å². The molecule has 6 heteroatoms. The molecule has 3 heterocycles. The first-order valence-electron chi connectivity index (χ1n) is 6.73. The monoisotopic (exact) mass is 289 g/mol. The SMILES string of the molecule is O=C(c1ccco1)N1C[C@@H]2C[C@]2(NCc2nccs2)C1. The number of hydrogen-bond acceptors (Lipinski definition) is 5. The molecule has 2 aliphatic rings. The molecule has 2 fully saturated rings. The van der Waals surface area contributed by atoms with Gasteiger partial charge < -0.3 is 14.6 Å².